The molecule has 0 spiro atoms. The van der Waals surface area contributed by atoms with Crippen molar-refractivity contribution in [3.63, 3.8) is 0 Å². The zero-order valence-electron chi connectivity index (χ0n) is 15.1. The largest absolute Gasteiger partial charge is 0.480 e. The fraction of sp³-hybridized carbons (Fsp3) is 0.368. The molecule has 0 aliphatic heterocycles. The van der Waals surface area contributed by atoms with Crippen molar-refractivity contribution in [1.29, 1.82) is 0 Å². The van der Waals surface area contributed by atoms with Gasteiger partial charge in [0.2, 0.25) is 6.43 Å². The SMILES string of the molecule is Cc1cc(C)cc(-n2c(C)cc(C(=O)NC(CC(F)F)C(=O)O)c2C)c1. The molecule has 2 aromatic rings. The van der Waals surface area contributed by atoms with E-state index >= 15 is 0 Å². The topological polar surface area (TPSA) is 71.3 Å². The zero-order chi connectivity index (χ0) is 19.6. The van der Waals surface area contributed by atoms with Gasteiger partial charge in [0, 0.05) is 23.5 Å². The molecule has 140 valence electrons. The van der Waals surface area contributed by atoms with Crippen molar-refractivity contribution in [1.82, 2.24) is 9.88 Å². The Labute approximate surface area is 150 Å². The molecule has 5 nitrogen and oxygen atoms in total. The average molecular weight is 364 g/mol. The molecule has 2 N–H and O–H groups in total. The number of aliphatic carboxylic acids is 1. The van der Waals surface area contributed by atoms with Crippen LogP contribution in [-0.2, 0) is 4.79 Å². The zero-order valence-corrected chi connectivity index (χ0v) is 15.1. The first kappa shape index (κ1) is 19.6. The summed E-state index contributed by atoms with van der Waals surface area (Å²) in [6.45, 7) is 7.51. The summed E-state index contributed by atoms with van der Waals surface area (Å²) in [5.41, 5.74) is 4.70. The number of hydrogen-bond donors (Lipinski definition) is 2. The van der Waals surface area contributed by atoms with Gasteiger partial charge in [-0.1, -0.05) is 6.07 Å². The van der Waals surface area contributed by atoms with Crippen LogP contribution in [0.4, 0.5) is 8.78 Å². The van der Waals surface area contributed by atoms with Gasteiger partial charge >= 0.3 is 5.97 Å². The summed E-state index contributed by atoms with van der Waals surface area (Å²) in [5, 5.41) is 11.2. The highest BCUT2D eigenvalue weighted by molar-refractivity contribution is 5.98. The van der Waals surface area contributed by atoms with Gasteiger partial charge in [0.05, 0.1) is 5.56 Å². The van der Waals surface area contributed by atoms with Gasteiger partial charge in [-0.2, -0.15) is 0 Å². The fourth-order valence-electron chi connectivity index (χ4n) is 3.11. The Morgan fingerprint density at radius 3 is 2.15 bits per heavy atom. The van der Waals surface area contributed by atoms with E-state index in [1.165, 1.54) is 0 Å². The Kier molecular flexibility index (Phi) is 5.79. The van der Waals surface area contributed by atoms with E-state index in [2.05, 4.69) is 5.32 Å². The van der Waals surface area contributed by atoms with E-state index in [-0.39, 0.29) is 5.56 Å². The molecule has 0 bridgehead atoms. The second-order valence-electron chi connectivity index (χ2n) is 6.46. The summed E-state index contributed by atoms with van der Waals surface area (Å²) in [5.74, 6) is -2.16. The molecule has 1 heterocycles. The number of nitrogens with zero attached hydrogens (tertiary/aromatic N) is 1. The summed E-state index contributed by atoms with van der Waals surface area (Å²) < 4.78 is 26.9. The summed E-state index contributed by atoms with van der Waals surface area (Å²) in [6, 6.07) is 5.99. The van der Waals surface area contributed by atoms with Gasteiger partial charge in [-0.15, -0.1) is 0 Å². The Balaban J connectivity index is 2.37. The number of hydrogen-bond acceptors (Lipinski definition) is 2. The molecular weight excluding hydrogens is 342 g/mol. The first-order chi connectivity index (χ1) is 12.1. The van der Waals surface area contributed by atoms with Gasteiger partial charge in [-0.25, -0.2) is 13.6 Å². The molecule has 0 fully saturated rings. The maximum absolute atomic E-state index is 12.5. The Hall–Kier alpha value is -2.70. The predicted molar refractivity (Wildman–Crippen MR) is 94.2 cm³/mol. The van der Waals surface area contributed by atoms with Gasteiger partial charge in [0.25, 0.3) is 5.91 Å². The maximum Gasteiger partial charge on any atom is 0.326 e. The van der Waals surface area contributed by atoms with Crippen molar-refractivity contribution in [2.24, 2.45) is 0 Å². The molecule has 0 saturated carbocycles. The van der Waals surface area contributed by atoms with Gasteiger partial charge in [0.15, 0.2) is 0 Å². The third kappa shape index (κ3) is 4.28. The number of aromatic nitrogens is 1. The predicted octanol–water partition coefficient (Wildman–Crippen LogP) is 3.55. The smallest absolute Gasteiger partial charge is 0.326 e. The van der Waals surface area contributed by atoms with Crippen LogP contribution in [0.3, 0.4) is 0 Å². The minimum absolute atomic E-state index is 0.266. The van der Waals surface area contributed by atoms with Crippen molar-refractivity contribution < 1.29 is 23.5 Å². The lowest BCUT2D eigenvalue weighted by Gasteiger charge is -2.15. The van der Waals surface area contributed by atoms with E-state index in [4.69, 9.17) is 5.11 Å². The number of alkyl halides is 2. The van der Waals surface area contributed by atoms with Crippen LogP contribution >= 0.6 is 0 Å². The van der Waals surface area contributed by atoms with E-state index in [1.54, 1.807) is 13.0 Å². The highest BCUT2D eigenvalue weighted by Crippen LogP contribution is 2.23. The van der Waals surface area contributed by atoms with Crippen LogP contribution in [0.5, 0.6) is 0 Å². The van der Waals surface area contributed by atoms with E-state index < -0.39 is 30.8 Å². The summed E-state index contributed by atoms with van der Waals surface area (Å²) >= 11 is 0. The lowest BCUT2D eigenvalue weighted by molar-refractivity contribution is -0.140. The Bertz CT molecular complexity index is 823. The van der Waals surface area contributed by atoms with Crippen molar-refractivity contribution in [3.8, 4) is 5.69 Å². The number of carbonyl (C=O) groups excluding carboxylic acids is 1. The first-order valence-electron chi connectivity index (χ1n) is 8.19. The lowest BCUT2D eigenvalue weighted by atomic mass is 10.1. The third-order valence-electron chi connectivity index (χ3n) is 4.16. The van der Waals surface area contributed by atoms with Crippen LogP contribution in [0.1, 0.15) is 39.3 Å². The molecule has 1 aromatic carbocycles. The third-order valence-corrected chi connectivity index (χ3v) is 4.16. The second-order valence-corrected chi connectivity index (χ2v) is 6.46. The number of halogens is 2. The number of carboxylic acid groups (broad SMARTS) is 1. The van der Waals surface area contributed by atoms with Gasteiger partial charge in [0.1, 0.15) is 6.04 Å². The molecular formula is C19H22F2N2O3. The van der Waals surface area contributed by atoms with E-state index in [0.717, 1.165) is 22.5 Å². The maximum atomic E-state index is 12.5. The van der Waals surface area contributed by atoms with Crippen LogP contribution in [0, 0.1) is 27.7 Å². The van der Waals surface area contributed by atoms with Crippen molar-refractivity contribution in [2.45, 2.75) is 46.6 Å². The van der Waals surface area contributed by atoms with Crippen molar-refractivity contribution in [2.75, 3.05) is 0 Å². The average Bonchev–Trinajstić information content (AvgIpc) is 2.79. The number of carbonyl (C=O) groups is 2. The number of aryl methyl sites for hydroxylation is 3. The number of rotatable bonds is 6. The standard InChI is InChI=1S/C19H22F2N2O3/c1-10-5-11(2)7-14(6-10)23-12(3)8-15(13(23)4)18(24)22-16(19(25)26)9-17(20)21/h5-8,16-17H,9H2,1-4H3,(H,22,24)(H,25,26). The van der Waals surface area contributed by atoms with Crippen LogP contribution in [0.15, 0.2) is 24.3 Å². The lowest BCUT2D eigenvalue weighted by Crippen LogP contribution is -2.42. The Morgan fingerprint density at radius 2 is 1.65 bits per heavy atom. The highest BCUT2D eigenvalue weighted by Gasteiger charge is 2.26. The molecule has 0 aliphatic rings. The molecule has 1 amide bonds. The summed E-state index contributed by atoms with van der Waals surface area (Å²) in [4.78, 5) is 23.6. The molecule has 7 heteroatoms. The molecule has 0 aliphatic carbocycles. The fourth-order valence-corrected chi connectivity index (χ4v) is 3.11. The van der Waals surface area contributed by atoms with E-state index in [1.807, 2.05) is 43.5 Å². The molecule has 1 atom stereocenters. The second kappa shape index (κ2) is 7.68. The molecule has 2 rings (SSSR count). The minimum atomic E-state index is -2.82. The summed E-state index contributed by atoms with van der Waals surface area (Å²) in [7, 11) is 0. The van der Waals surface area contributed by atoms with Gasteiger partial charge < -0.3 is 15.0 Å². The van der Waals surface area contributed by atoms with Crippen molar-refractivity contribution in [3.05, 3.63) is 52.3 Å². The minimum Gasteiger partial charge on any atom is -0.480 e. The molecule has 1 aromatic heterocycles. The number of nitrogens with one attached hydrogen (secondary N) is 1. The van der Waals surface area contributed by atoms with Crippen molar-refractivity contribution >= 4 is 11.9 Å². The first-order valence-corrected chi connectivity index (χ1v) is 8.19. The van der Waals surface area contributed by atoms with Crippen LogP contribution in [0.2, 0.25) is 0 Å². The van der Waals surface area contributed by atoms with Gasteiger partial charge in [-0.05, 0) is 57.0 Å². The number of amides is 1. The summed E-state index contributed by atoms with van der Waals surface area (Å²) in [6.07, 6.45) is -3.75. The van der Waals surface area contributed by atoms with E-state index in [9.17, 15) is 18.4 Å². The number of benzene rings is 1. The van der Waals surface area contributed by atoms with Crippen LogP contribution in [-0.4, -0.2) is 34.0 Å². The quantitative estimate of drug-likeness (QED) is 0.823. The normalized spacial score (nSPS) is 12.3. The molecule has 0 radical (unpaired) electrons. The molecule has 1 unspecified atom stereocenters. The highest BCUT2D eigenvalue weighted by atomic mass is 19.3. The van der Waals surface area contributed by atoms with Gasteiger partial charge in [-0.3, -0.25) is 4.79 Å². The van der Waals surface area contributed by atoms with E-state index in [0.29, 0.717) is 5.69 Å². The molecule has 0 saturated heterocycles. The number of carboxylic acids is 1. The monoisotopic (exact) mass is 364 g/mol. The molecule has 26 heavy (non-hydrogen) atoms. The van der Waals surface area contributed by atoms with Crippen LogP contribution < -0.4 is 5.32 Å². The van der Waals surface area contributed by atoms with Crippen LogP contribution in [0.25, 0.3) is 5.69 Å². The Morgan fingerprint density at radius 1 is 1.08 bits per heavy atom.